The lowest BCUT2D eigenvalue weighted by Gasteiger charge is -2.00. The Morgan fingerprint density at radius 2 is 2.08 bits per heavy atom. The van der Waals surface area contributed by atoms with Crippen molar-refractivity contribution >= 4 is 11.6 Å². The molecule has 0 unspecified atom stereocenters. The van der Waals surface area contributed by atoms with Crippen molar-refractivity contribution in [3.63, 3.8) is 0 Å². The zero-order valence-electron chi connectivity index (χ0n) is 7.51. The van der Waals surface area contributed by atoms with Crippen LogP contribution in [0.4, 0.5) is 4.39 Å². The minimum Gasteiger partial charge on any atom is -0.291 e. The van der Waals surface area contributed by atoms with Crippen LogP contribution in [0.15, 0.2) is 11.6 Å². The van der Waals surface area contributed by atoms with Gasteiger partial charge in [0, 0.05) is 6.42 Å². The standard InChI is InChI=1S/C10H13FO2/c11-6-2-4-8-3-1-5-9(12)10(13)7-8/h7H,1-6H2. The molecule has 0 amide bonds. The number of hydrogen-bond acceptors (Lipinski definition) is 2. The second-order valence-electron chi connectivity index (χ2n) is 3.24. The molecule has 0 saturated carbocycles. The Morgan fingerprint density at radius 1 is 1.31 bits per heavy atom. The number of halogens is 1. The lowest BCUT2D eigenvalue weighted by Crippen LogP contribution is -2.08. The fourth-order valence-electron chi connectivity index (χ4n) is 1.43. The molecule has 0 radical (unpaired) electrons. The Balaban J connectivity index is 2.57. The fraction of sp³-hybridized carbons (Fsp3) is 0.600. The van der Waals surface area contributed by atoms with Crippen LogP contribution < -0.4 is 0 Å². The molecule has 0 bridgehead atoms. The van der Waals surface area contributed by atoms with Crippen LogP contribution in [0, 0.1) is 0 Å². The van der Waals surface area contributed by atoms with Gasteiger partial charge in [0.2, 0.25) is 11.6 Å². The molecule has 0 aliphatic heterocycles. The van der Waals surface area contributed by atoms with Gasteiger partial charge in [-0.15, -0.1) is 0 Å². The normalized spacial score (nSPS) is 18.4. The first-order valence-corrected chi connectivity index (χ1v) is 4.56. The molecule has 1 rings (SSSR count). The zero-order chi connectivity index (χ0) is 9.68. The van der Waals surface area contributed by atoms with E-state index in [0.29, 0.717) is 19.3 Å². The van der Waals surface area contributed by atoms with Gasteiger partial charge < -0.3 is 0 Å². The van der Waals surface area contributed by atoms with Gasteiger partial charge in [-0.3, -0.25) is 14.0 Å². The minimum atomic E-state index is -0.411. The SMILES string of the molecule is O=C1C=C(CCCF)CCCC1=O. The van der Waals surface area contributed by atoms with Crippen molar-refractivity contribution in [3.8, 4) is 0 Å². The zero-order valence-corrected chi connectivity index (χ0v) is 7.51. The number of carbonyl (C=O) groups is 2. The van der Waals surface area contributed by atoms with Crippen molar-refractivity contribution in [2.24, 2.45) is 0 Å². The fourth-order valence-corrected chi connectivity index (χ4v) is 1.43. The van der Waals surface area contributed by atoms with Crippen LogP contribution in [0.5, 0.6) is 0 Å². The van der Waals surface area contributed by atoms with E-state index in [4.69, 9.17) is 0 Å². The Bertz CT molecular complexity index is 243. The van der Waals surface area contributed by atoms with E-state index in [2.05, 4.69) is 0 Å². The second-order valence-corrected chi connectivity index (χ2v) is 3.24. The maximum absolute atomic E-state index is 11.8. The first-order valence-electron chi connectivity index (χ1n) is 4.56. The van der Waals surface area contributed by atoms with Gasteiger partial charge in [-0.25, -0.2) is 0 Å². The predicted octanol–water partition coefficient (Wildman–Crippen LogP) is 1.98. The number of hydrogen-bond donors (Lipinski definition) is 0. The molecule has 3 heteroatoms. The molecule has 1 aliphatic rings. The summed E-state index contributed by atoms with van der Waals surface area (Å²) in [5.41, 5.74) is 0.925. The van der Waals surface area contributed by atoms with Crippen molar-refractivity contribution in [2.75, 3.05) is 6.67 Å². The highest BCUT2D eigenvalue weighted by atomic mass is 19.1. The monoisotopic (exact) mass is 184 g/mol. The number of Topliss-reactive ketones (excluding diaryl/α,β-unsaturated/α-hetero) is 1. The van der Waals surface area contributed by atoms with E-state index >= 15 is 0 Å². The van der Waals surface area contributed by atoms with Gasteiger partial charge in [-0.05, 0) is 31.8 Å². The molecule has 0 saturated heterocycles. The van der Waals surface area contributed by atoms with Crippen molar-refractivity contribution in [1.29, 1.82) is 0 Å². The lowest BCUT2D eigenvalue weighted by molar-refractivity contribution is -0.133. The molecule has 13 heavy (non-hydrogen) atoms. The molecule has 72 valence electrons. The van der Waals surface area contributed by atoms with E-state index in [-0.39, 0.29) is 12.5 Å². The van der Waals surface area contributed by atoms with Crippen LogP contribution in [0.2, 0.25) is 0 Å². The molecule has 0 atom stereocenters. The molecule has 2 nitrogen and oxygen atoms in total. The summed E-state index contributed by atoms with van der Waals surface area (Å²) in [6.45, 7) is -0.362. The molecule has 0 N–H and O–H groups in total. The summed E-state index contributed by atoms with van der Waals surface area (Å²) in [4.78, 5) is 22.0. The molecule has 0 aromatic heterocycles. The van der Waals surface area contributed by atoms with Crippen LogP contribution in [0.3, 0.4) is 0 Å². The highest BCUT2D eigenvalue weighted by Gasteiger charge is 2.15. The van der Waals surface area contributed by atoms with Crippen molar-refractivity contribution in [1.82, 2.24) is 0 Å². The third-order valence-electron chi connectivity index (χ3n) is 2.14. The minimum absolute atomic E-state index is 0.310. The Labute approximate surface area is 76.8 Å². The highest BCUT2D eigenvalue weighted by molar-refractivity contribution is 6.41. The summed E-state index contributed by atoms with van der Waals surface area (Å²) in [7, 11) is 0. The summed E-state index contributed by atoms with van der Waals surface area (Å²) in [6, 6.07) is 0. The Kier molecular flexibility index (Phi) is 3.80. The molecule has 0 aromatic carbocycles. The highest BCUT2D eigenvalue weighted by Crippen LogP contribution is 2.17. The Morgan fingerprint density at radius 3 is 2.77 bits per heavy atom. The summed E-state index contributed by atoms with van der Waals surface area (Å²) in [6.07, 6.45) is 4.28. The number of alkyl halides is 1. The molecule has 0 spiro atoms. The molecule has 0 aromatic rings. The van der Waals surface area contributed by atoms with Crippen LogP contribution in [0.1, 0.15) is 32.1 Å². The molecule has 0 heterocycles. The number of ketones is 2. The first-order chi connectivity index (χ1) is 6.24. The van der Waals surface area contributed by atoms with Gasteiger partial charge in [0.25, 0.3) is 0 Å². The van der Waals surface area contributed by atoms with Gasteiger partial charge >= 0.3 is 0 Å². The van der Waals surface area contributed by atoms with Gasteiger partial charge in [0.05, 0.1) is 6.67 Å². The van der Waals surface area contributed by atoms with E-state index in [1.165, 1.54) is 6.08 Å². The van der Waals surface area contributed by atoms with Gasteiger partial charge in [0.1, 0.15) is 0 Å². The Hall–Kier alpha value is -0.990. The first kappa shape index (κ1) is 10.1. The topological polar surface area (TPSA) is 34.1 Å². The number of allylic oxidation sites excluding steroid dienone is 2. The van der Waals surface area contributed by atoms with Crippen molar-refractivity contribution < 1.29 is 14.0 Å². The van der Waals surface area contributed by atoms with Gasteiger partial charge in [0.15, 0.2) is 0 Å². The summed E-state index contributed by atoms with van der Waals surface area (Å²) < 4.78 is 11.8. The van der Waals surface area contributed by atoms with Gasteiger partial charge in [-0.1, -0.05) is 5.57 Å². The van der Waals surface area contributed by atoms with Crippen LogP contribution >= 0.6 is 0 Å². The van der Waals surface area contributed by atoms with E-state index in [1.54, 1.807) is 0 Å². The van der Waals surface area contributed by atoms with Gasteiger partial charge in [-0.2, -0.15) is 0 Å². The number of rotatable bonds is 3. The third-order valence-corrected chi connectivity index (χ3v) is 2.14. The third kappa shape index (κ3) is 3.09. The second kappa shape index (κ2) is 4.90. The average molecular weight is 184 g/mol. The maximum Gasteiger partial charge on any atom is 0.221 e. The van der Waals surface area contributed by atoms with Crippen LogP contribution in [0.25, 0.3) is 0 Å². The molecular weight excluding hydrogens is 171 g/mol. The van der Waals surface area contributed by atoms with Crippen molar-refractivity contribution in [2.45, 2.75) is 32.1 Å². The van der Waals surface area contributed by atoms with Crippen LogP contribution in [-0.2, 0) is 9.59 Å². The van der Waals surface area contributed by atoms with Crippen LogP contribution in [-0.4, -0.2) is 18.2 Å². The molecule has 0 fully saturated rings. The van der Waals surface area contributed by atoms with E-state index in [0.717, 1.165) is 18.4 Å². The smallest absolute Gasteiger partial charge is 0.221 e. The predicted molar refractivity (Wildman–Crippen MR) is 47.2 cm³/mol. The largest absolute Gasteiger partial charge is 0.291 e. The van der Waals surface area contributed by atoms with E-state index in [1.807, 2.05) is 0 Å². The van der Waals surface area contributed by atoms with E-state index < -0.39 is 5.78 Å². The summed E-state index contributed by atoms with van der Waals surface area (Å²) in [5, 5.41) is 0. The summed E-state index contributed by atoms with van der Waals surface area (Å²) in [5.74, 6) is -0.721. The van der Waals surface area contributed by atoms with E-state index in [9.17, 15) is 14.0 Å². The lowest BCUT2D eigenvalue weighted by atomic mass is 10.1. The quantitative estimate of drug-likeness (QED) is 0.628. The van der Waals surface area contributed by atoms with Crippen molar-refractivity contribution in [3.05, 3.63) is 11.6 Å². The summed E-state index contributed by atoms with van der Waals surface area (Å²) >= 11 is 0. The number of carbonyl (C=O) groups excluding carboxylic acids is 2. The maximum atomic E-state index is 11.8. The average Bonchev–Trinajstić information content (AvgIpc) is 2.26. The molecular formula is C10H13FO2. The molecule has 1 aliphatic carbocycles.